The first kappa shape index (κ1) is 57.3. The maximum absolute atomic E-state index is 12.2. The van der Waals surface area contributed by atoms with Crippen LogP contribution in [0.2, 0.25) is 0 Å². The number of hydrogen-bond acceptors (Lipinski definition) is 13. The molecule has 1 aliphatic rings. The molecule has 1 aliphatic heterocycles. The molecule has 0 spiro atoms. The van der Waals surface area contributed by atoms with Gasteiger partial charge < -0.3 is 40.7 Å². The van der Waals surface area contributed by atoms with Crippen LogP contribution in [0.1, 0.15) is 56.8 Å². The predicted octanol–water partition coefficient (Wildman–Crippen LogP) is -1.66. The number of hydrogen-bond donors (Lipinski definition) is 2. The van der Waals surface area contributed by atoms with Gasteiger partial charge in [-0.05, 0) is 61.5 Å². The molecule has 0 aromatic carbocycles. The van der Waals surface area contributed by atoms with Crippen molar-refractivity contribution >= 4 is 60.8 Å². The number of halogens is 1. The van der Waals surface area contributed by atoms with Gasteiger partial charge in [0.2, 0.25) is 14.7 Å². The summed E-state index contributed by atoms with van der Waals surface area (Å²) in [5, 5.41) is 19.8. The number of nitrogens with zero attached hydrogens (tertiary/aromatic N) is 3. The molecule has 2 atom stereocenters. The molecule has 274 valence electrons. The van der Waals surface area contributed by atoms with E-state index in [2.05, 4.69) is 41.5 Å². The summed E-state index contributed by atoms with van der Waals surface area (Å²) in [6, 6.07) is 0. The fourth-order valence-corrected chi connectivity index (χ4v) is 5.78. The van der Waals surface area contributed by atoms with Crippen molar-refractivity contribution in [2.24, 2.45) is 4.99 Å². The van der Waals surface area contributed by atoms with Gasteiger partial charge in [0.15, 0.2) is 0 Å². The van der Waals surface area contributed by atoms with Crippen molar-refractivity contribution < 1.29 is 191 Å². The fraction of sp³-hybridized carbons (Fsp3) is 0.679. The zero-order valence-corrected chi connectivity index (χ0v) is 46.9. The molecule has 2 N–H and O–H groups in total. The van der Waals surface area contributed by atoms with E-state index >= 15 is 0 Å². The number of carbonyl (C=O) groups excluding carboxylic acids is 3. The van der Waals surface area contributed by atoms with Gasteiger partial charge in [-0.2, -0.15) is 5.10 Å². The molecule has 21 heteroatoms. The Balaban J connectivity index is -0.000000199. The van der Waals surface area contributed by atoms with Gasteiger partial charge in [-0.3, -0.25) is 23.6 Å². The summed E-state index contributed by atoms with van der Waals surface area (Å²) in [5.74, 6) is 0. The number of amides is 2. The SMILES string of the molecule is CC(C)(C)OC(=O)NCCBr.CCOP(C)(=O)C1=CCN=C1.CCOP(C)(=O)c1cnn(CCNC(=O)OC(C)(C)C)c1.O=CO[O-].[Cs+].[Cs+].[H-]. The number of alkyl carbamates (subject to hydrolysis) is 2. The van der Waals surface area contributed by atoms with E-state index in [1.165, 1.54) is 6.20 Å². The van der Waals surface area contributed by atoms with Crippen molar-refractivity contribution in [3.8, 4) is 0 Å². The minimum atomic E-state index is -2.80. The summed E-state index contributed by atoms with van der Waals surface area (Å²) in [6.07, 6.45) is 5.85. The minimum Gasteiger partial charge on any atom is -1.00 e. The average Bonchev–Trinajstić information content (AvgIpc) is 3.65. The maximum Gasteiger partial charge on any atom is 1.00 e. The molecule has 1 aromatic heterocycles. The number of carbonyl (C=O) groups is 3. The molecule has 0 aliphatic carbocycles. The average molecular weight is 1040 g/mol. The van der Waals surface area contributed by atoms with E-state index in [0.717, 1.165) is 10.6 Å². The molecule has 2 unspecified atom stereocenters. The number of allylic oxidation sites excluding steroid dienone is 1. The number of aromatic nitrogens is 2. The topological polar surface area (TPSA) is 209 Å². The van der Waals surface area contributed by atoms with Crippen LogP contribution in [-0.4, -0.2) is 97.4 Å². The Labute approximate surface area is 418 Å². The van der Waals surface area contributed by atoms with E-state index < -0.39 is 32.0 Å². The Kier molecular flexibility index (Phi) is 36.0. The van der Waals surface area contributed by atoms with Gasteiger partial charge in [0.25, 0.3) is 6.47 Å². The summed E-state index contributed by atoms with van der Waals surface area (Å²) in [4.78, 5) is 37.5. The molecule has 0 fully saturated rings. The van der Waals surface area contributed by atoms with E-state index in [9.17, 15) is 18.7 Å². The summed E-state index contributed by atoms with van der Waals surface area (Å²) in [5.41, 5.74) is -0.925. The summed E-state index contributed by atoms with van der Waals surface area (Å²) in [6.45, 7) is 20.5. The van der Waals surface area contributed by atoms with Gasteiger partial charge in [-0.15, -0.1) is 0 Å². The first-order chi connectivity index (χ1) is 21.7. The predicted molar refractivity (Wildman–Crippen MR) is 184 cm³/mol. The largest absolute Gasteiger partial charge is 1.00 e. The molecule has 0 saturated heterocycles. The molecule has 0 saturated carbocycles. The molecule has 2 rings (SSSR count). The standard InChI is InChI=1S/C13H24N3O4P.C7H14BrNO2.C7H12NO2P.CH2O3.2Cs.H/c1-6-19-21(5,18)11-9-15-16(10-11)8-7-14-12(17)20-13(2,3)4;1-7(2,3)11-6(10)9-5-4-8;1-3-10-11(2,9)7-4-5-8-6-7;2-1-4-3;;;/h9-10H,6-8H2,1-5H3,(H,14,17);4-5H2,1-3H3,(H,9,10);4,6H,3,5H2,1-2H3;1,3H;;;/q;;;;2*+1;-1/p-1. The van der Waals surface area contributed by atoms with Gasteiger partial charge in [0, 0.05) is 44.2 Å². The van der Waals surface area contributed by atoms with E-state index in [1.54, 1.807) is 58.1 Å². The van der Waals surface area contributed by atoms with Crippen LogP contribution in [0.3, 0.4) is 0 Å². The smallest absolute Gasteiger partial charge is 1.00 e. The molecule has 0 radical (unpaired) electrons. The molecule has 1 aromatic rings. The Hall–Kier alpha value is 1.55. The molecule has 49 heavy (non-hydrogen) atoms. The van der Waals surface area contributed by atoms with E-state index in [4.69, 9.17) is 28.6 Å². The van der Waals surface area contributed by atoms with Gasteiger partial charge in [0.1, 0.15) is 11.2 Å². The normalized spacial score (nSPS) is 13.9. The Morgan fingerprint density at radius 1 is 0.980 bits per heavy atom. The molecule has 2 amide bonds. The third-order valence-electron chi connectivity index (χ3n) is 4.75. The van der Waals surface area contributed by atoms with Crippen molar-refractivity contribution in [1.82, 2.24) is 20.4 Å². The van der Waals surface area contributed by atoms with Crippen molar-refractivity contribution in [2.75, 3.05) is 51.5 Å². The number of alkyl halides is 1. The first-order valence-electron chi connectivity index (χ1n) is 14.6. The molecule has 0 bridgehead atoms. The van der Waals surface area contributed by atoms with Crippen LogP contribution >= 0.6 is 30.7 Å². The monoisotopic (exact) mass is 1040 g/mol. The fourth-order valence-electron chi connectivity index (χ4n) is 2.99. The van der Waals surface area contributed by atoms with Gasteiger partial charge >= 0.3 is 150 Å². The van der Waals surface area contributed by atoms with Crippen LogP contribution < -0.4 is 159 Å². The van der Waals surface area contributed by atoms with Crippen LogP contribution in [0.5, 0.6) is 0 Å². The quantitative estimate of drug-likeness (QED) is 0.0794. The molecular formula is C28H52BrCs2N5O11P2. The maximum atomic E-state index is 12.2. The third kappa shape index (κ3) is 32.7. The molecular weight excluding hydrogens is 990 g/mol. The number of nitrogens with one attached hydrogen (secondary N) is 2. The number of ether oxygens (including phenoxy) is 2. The van der Waals surface area contributed by atoms with Crippen molar-refractivity contribution in [3.63, 3.8) is 0 Å². The van der Waals surface area contributed by atoms with Crippen LogP contribution in [0.15, 0.2) is 28.8 Å². The van der Waals surface area contributed by atoms with Crippen LogP contribution in [0.4, 0.5) is 9.59 Å². The zero-order valence-electron chi connectivity index (χ0n) is 31.9. The van der Waals surface area contributed by atoms with Crippen LogP contribution in [0.25, 0.3) is 0 Å². The molecule has 2 heterocycles. The summed E-state index contributed by atoms with van der Waals surface area (Å²) in [7, 11) is -5.33. The van der Waals surface area contributed by atoms with E-state index in [0.29, 0.717) is 44.7 Å². The second-order valence-electron chi connectivity index (χ2n) is 11.4. The summed E-state index contributed by atoms with van der Waals surface area (Å²) < 4.78 is 45.9. The van der Waals surface area contributed by atoms with E-state index in [-0.39, 0.29) is 152 Å². The minimum absolute atomic E-state index is 0. The van der Waals surface area contributed by atoms with Crippen LogP contribution in [0, 0.1) is 0 Å². The first-order valence-corrected chi connectivity index (χ1v) is 19.8. The Morgan fingerprint density at radius 2 is 1.45 bits per heavy atom. The Bertz CT molecular complexity index is 1250. The van der Waals surface area contributed by atoms with Gasteiger partial charge in [-0.25, -0.2) is 9.59 Å². The van der Waals surface area contributed by atoms with Crippen molar-refractivity contribution in [3.05, 3.63) is 23.8 Å². The number of rotatable bonds is 12. The number of aliphatic imine (C=N–C) groups is 1. The Morgan fingerprint density at radius 3 is 1.84 bits per heavy atom. The van der Waals surface area contributed by atoms with Gasteiger partial charge in [0.05, 0.1) is 43.1 Å². The zero-order chi connectivity index (χ0) is 36.7. The van der Waals surface area contributed by atoms with Crippen molar-refractivity contribution in [2.45, 2.75) is 73.1 Å². The van der Waals surface area contributed by atoms with Crippen molar-refractivity contribution in [1.29, 1.82) is 0 Å². The van der Waals surface area contributed by atoms with E-state index in [1.807, 2.05) is 33.8 Å². The van der Waals surface area contributed by atoms with Crippen LogP contribution in [-0.2, 0) is 43.9 Å². The second-order valence-corrected chi connectivity index (χ2v) is 17.1. The second kappa shape index (κ2) is 30.8. The van der Waals surface area contributed by atoms with Gasteiger partial charge in [-0.1, -0.05) is 15.9 Å². The summed E-state index contributed by atoms with van der Waals surface area (Å²) >= 11 is 3.19. The third-order valence-corrected chi connectivity index (χ3v) is 9.05. The molecule has 16 nitrogen and oxygen atoms in total.